The second-order valence-corrected chi connectivity index (χ2v) is 8.37. The molecule has 0 saturated heterocycles. The first-order valence-electron chi connectivity index (χ1n) is 10.7. The largest absolute Gasteiger partial charge is 0.374 e. The molecule has 5 rings (SSSR count). The van der Waals surface area contributed by atoms with Gasteiger partial charge in [0.25, 0.3) is 5.89 Å². The molecule has 0 N–H and O–H groups in total. The van der Waals surface area contributed by atoms with Gasteiger partial charge in [0.05, 0.1) is 12.1 Å². The van der Waals surface area contributed by atoms with Gasteiger partial charge in [-0.3, -0.25) is 4.68 Å². The quantitative estimate of drug-likeness (QED) is 0.429. The molecule has 1 aliphatic carbocycles. The maximum atomic E-state index is 5.77. The first kappa shape index (κ1) is 19.7. The lowest BCUT2D eigenvalue weighted by Crippen LogP contribution is -2.35. The molecule has 1 aliphatic rings. The van der Waals surface area contributed by atoms with Crippen molar-refractivity contribution in [3.05, 3.63) is 77.0 Å². The Morgan fingerprint density at radius 3 is 2.42 bits per heavy atom. The molecule has 0 atom stereocenters. The lowest BCUT2D eigenvalue weighted by Gasteiger charge is -2.41. The zero-order chi connectivity index (χ0) is 21.4. The third-order valence-electron chi connectivity index (χ3n) is 6.30. The summed E-state index contributed by atoms with van der Waals surface area (Å²) in [5.41, 5.74) is 6.19. The maximum absolute atomic E-state index is 5.77. The van der Waals surface area contributed by atoms with E-state index >= 15 is 0 Å². The highest BCUT2D eigenvalue weighted by molar-refractivity contribution is 5.58. The van der Waals surface area contributed by atoms with Gasteiger partial charge in [-0.2, -0.15) is 10.1 Å². The second kappa shape index (κ2) is 7.78. The summed E-state index contributed by atoms with van der Waals surface area (Å²) in [6.07, 6.45) is 3.35. The lowest BCUT2D eigenvalue weighted by atomic mass is 9.75. The van der Waals surface area contributed by atoms with Crippen LogP contribution in [-0.2, 0) is 16.9 Å². The Bertz CT molecular complexity index is 1180. The Hall–Kier alpha value is -3.25. The second-order valence-electron chi connectivity index (χ2n) is 8.37. The summed E-state index contributed by atoms with van der Waals surface area (Å²) in [6.45, 7) is 4.83. The third-order valence-corrected chi connectivity index (χ3v) is 6.30. The van der Waals surface area contributed by atoms with Crippen molar-refractivity contribution in [1.29, 1.82) is 0 Å². The maximum Gasteiger partial charge on any atom is 0.278 e. The fraction of sp³-hybridized carbons (Fsp3) is 0.320. The van der Waals surface area contributed by atoms with Crippen LogP contribution in [0.4, 0.5) is 0 Å². The van der Waals surface area contributed by atoms with E-state index in [1.165, 1.54) is 23.1 Å². The summed E-state index contributed by atoms with van der Waals surface area (Å²) >= 11 is 0. The van der Waals surface area contributed by atoms with Crippen molar-refractivity contribution in [2.75, 3.05) is 7.11 Å². The van der Waals surface area contributed by atoms with E-state index in [-0.39, 0.29) is 5.60 Å². The zero-order valence-electron chi connectivity index (χ0n) is 18.1. The van der Waals surface area contributed by atoms with Gasteiger partial charge in [0.2, 0.25) is 5.82 Å². The van der Waals surface area contributed by atoms with Crippen LogP contribution in [0.15, 0.2) is 59.1 Å². The standard InChI is InChI=1S/C25H26N4O2/c1-17-5-7-19(8-6-17)16-29-18(2)15-22(27-29)24-26-23(28-31-24)20-9-11-21(12-10-20)25(30-3)13-4-14-25/h5-12,15H,4,13-14,16H2,1-3H3. The highest BCUT2D eigenvalue weighted by atomic mass is 16.5. The average Bonchev–Trinajstić information content (AvgIpc) is 3.37. The molecule has 6 nitrogen and oxygen atoms in total. The number of ether oxygens (including phenoxy) is 1. The predicted octanol–water partition coefficient (Wildman–Crippen LogP) is 5.29. The first-order valence-corrected chi connectivity index (χ1v) is 10.7. The highest BCUT2D eigenvalue weighted by Gasteiger charge is 2.38. The molecule has 1 saturated carbocycles. The number of aryl methyl sites for hydroxylation is 2. The number of hydrogen-bond acceptors (Lipinski definition) is 5. The van der Waals surface area contributed by atoms with Gasteiger partial charge in [-0.1, -0.05) is 59.3 Å². The molecule has 1 fully saturated rings. The van der Waals surface area contributed by atoms with Crippen LogP contribution in [-0.4, -0.2) is 27.0 Å². The topological polar surface area (TPSA) is 66.0 Å². The Morgan fingerprint density at radius 1 is 1.03 bits per heavy atom. The van der Waals surface area contributed by atoms with Gasteiger partial charge in [0, 0.05) is 18.4 Å². The third kappa shape index (κ3) is 3.68. The summed E-state index contributed by atoms with van der Waals surface area (Å²) in [5, 5.41) is 8.86. The fourth-order valence-electron chi connectivity index (χ4n) is 4.12. The number of aromatic nitrogens is 4. The van der Waals surface area contributed by atoms with E-state index in [9.17, 15) is 0 Å². The van der Waals surface area contributed by atoms with Crippen molar-refractivity contribution in [2.24, 2.45) is 0 Å². The molecule has 0 bridgehead atoms. The Kier molecular flexibility index (Phi) is 4.94. The molecular weight excluding hydrogens is 388 g/mol. The van der Waals surface area contributed by atoms with Crippen LogP contribution in [0.5, 0.6) is 0 Å². The zero-order valence-corrected chi connectivity index (χ0v) is 18.1. The van der Waals surface area contributed by atoms with Gasteiger partial charge in [0.15, 0.2) is 5.69 Å². The van der Waals surface area contributed by atoms with Crippen molar-refractivity contribution >= 4 is 0 Å². The Morgan fingerprint density at radius 2 is 1.77 bits per heavy atom. The average molecular weight is 415 g/mol. The van der Waals surface area contributed by atoms with Crippen molar-refractivity contribution < 1.29 is 9.26 Å². The van der Waals surface area contributed by atoms with Crippen LogP contribution in [0.2, 0.25) is 0 Å². The molecule has 0 aliphatic heterocycles. The van der Waals surface area contributed by atoms with Crippen molar-refractivity contribution in [1.82, 2.24) is 19.9 Å². The van der Waals surface area contributed by atoms with Gasteiger partial charge in [-0.25, -0.2) is 0 Å². The summed E-state index contributed by atoms with van der Waals surface area (Å²) in [4.78, 5) is 4.59. The van der Waals surface area contributed by atoms with E-state index in [0.717, 1.165) is 24.1 Å². The smallest absolute Gasteiger partial charge is 0.278 e. The fourth-order valence-corrected chi connectivity index (χ4v) is 4.12. The highest BCUT2D eigenvalue weighted by Crippen LogP contribution is 2.44. The molecule has 6 heteroatoms. The molecule has 0 unspecified atom stereocenters. The number of methoxy groups -OCH3 is 1. The summed E-state index contributed by atoms with van der Waals surface area (Å²) in [5.74, 6) is 0.990. The van der Waals surface area contributed by atoms with Crippen molar-refractivity contribution in [3.63, 3.8) is 0 Å². The minimum atomic E-state index is -0.122. The SMILES string of the molecule is COC1(c2ccc(-c3noc(-c4cc(C)n(Cc5ccc(C)cc5)n4)n3)cc2)CCC1. The number of hydrogen-bond donors (Lipinski definition) is 0. The van der Waals surface area contributed by atoms with E-state index in [0.29, 0.717) is 24.0 Å². The lowest BCUT2D eigenvalue weighted by molar-refractivity contribution is -0.0778. The molecule has 4 aromatic rings. The summed E-state index contributed by atoms with van der Waals surface area (Å²) < 4.78 is 13.3. The minimum Gasteiger partial charge on any atom is -0.374 e. The first-order chi connectivity index (χ1) is 15.1. The predicted molar refractivity (Wildman–Crippen MR) is 119 cm³/mol. The number of nitrogens with zero attached hydrogens (tertiary/aromatic N) is 4. The van der Waals surface area contributed by atoms with Crippen molar-refractivity contribution in [3.8, 4) is 23.0 Å². The van der Waals surface area contributed by atoms with Gasteiger partial charge in [0.1, 0.15) is 0 Å². The monoisotopic (exact) mass is 414 g/mol. The normalized spacial score (nSPS) is 15.1. The summed E-state index contributed by atoms with van der Waals surface area (Å²) in [7, 11) is 1.79. The van der Waals surface area contributed by atoms with Crippen LogP contribution < -0.4 is 0 Å². The van der Waals surface area contributed by atoms with Gasteiger partial charge >= 0.3 is 0 Å². The molecule has 0 amide bonds. The minimum absolute atomic E-state index is 0.122. The van der Waals surface area contributed by atoms with E-state index in [2.05, 4.69) is 58.6 Å². The van der Waals surface area contributed by atoms with Crippen LogP contribution in [0.1, 0.15) is 41.6 Å². The Balaban J connectivity index is 1.35. The summed E-state index contributed by atoms with van der Waals surface area (Å²) in [6, 6.07) is 18.7. The van der Waals surface area contributed by atoms with Gasteiger partial charge in [-0.15, -0.1) is 0 Å². The molecule has 2 aromatic carbocycles. The molecule has 2 aromatic heterocycles. The number of rotatable bonds is 6. The van der Waals surface area contributed by atoms with E-state index in [1.54, 1.807) is 7.11 Å². The molecule has 0 spiro atoms. The molecule has 158 valence electrons. The Labute approximate surface area is 181 Å². The van der Waals surface area contributed by atoms with E-state index in [1.807, 2.05) is 29.8 Å². The van der Waals surface area contributed by atoms with Crippen LogP contribution >= 0.6 is 0 Å². The van der Waals surface area contributed by atoms with Crippen LogP contribution in [0, 0.1) is 13.8 Å². The van der Waals surface area contributed by atoms with E-state index < -0.39 is 0 Å². The van der Waals surface area contributed by atoms with Gasteiger partial charge < -0.3 is 9.26 Å². The molecule has 31 heavy (non-hydrogen) atoms. The van der Waals surface area contributed by atoms with Crippen LogP contribution in [0.25, 0.3) is 23.0 Å². The molecular formula is C25H26N4O2. The molecule has 0 radical (unpaired) electrons. The van der Waals surface area contributed by atoms with E-state index in [4.69, 9.17) is 9.26 Å². The molecule has 2 heterocycles. The van der Waals surface area contributed by atoms with Crippen molar-refractivity contribution in [2.45, 2.75) is 45.3 Å². The van der Waals surface area contributed by atoms with Gasteiger partial charge in [-0.05, 0) is 50.3 Å². The van der Waals surface area contributed by atoms with Crippen LogP contribution in [0.3, 0.4) is 0 Å². The number of benzene rings is 2.